The molecule has 2 rings (SSSR count). The third-order valence-corrected chi connectivity index (χ3v) is 2.80. The molecule has 0 spiro atoms. The zero-order valence-corrected chi connectivity index (χ0v) is 9.83. The fourth-order valence-electron chi connectivity index (χ4n) is 1.90. The van der Waals surface area contributed by atoms with Gasteiger partial charge in [-0.1, -0.05) is 6.07 Å². The van der Waals surface area contributed by atoms with E-state index in [4.69, 9.17) is 10.3 Å². The summed E-state index contributed by atoms with van der Waals surface area (Å²) in [6, 6.07) is 6.29. The molecule has 0 aliphatic heterocycles. The molecule has 0 saturated heterocycles. The molecular formula is C13H15FN2O. The van der Waals surface area contributed by atoms with Crippen molar-refractivity contribution in [2.45, 2.75) is 19.9 Å². The second-order valence-corrected chi connectivity index (χ2v) is 4.09. The Balaban J connectivity index is 2.45. The molecule has 0 bridgehead atoms. The summed E-state index contributed by atoms with van der Waals surface area (Å²) < 4.78 is 18.5. The van der Waals surface area contributed by atoms with Crippen molar-refractivity contribution in [3.05, 3.63) is 58.8 Å². The maximum atomic E-state index is 13.3. The van der Waals surface area contributed by atoms with Gasteiger partial charge in [-0.05, 0) is 43.2 Å². The summed E-state index contributed by atoms with van der Waals surface area (Å²) in [7, 11) is 0. The summed E-state index contributed by atoms with van der Waals surface area (Å²) in [6.45, 7) is 3.78. The molecule has 4 heteroatoms. The average molecular weight is 234 g/mol. The van der Waals surface area contributed by atoms with E-state index in [2.05, 4.69) is 5.43 Å². The van der Waals surface area contributed by atoms with Crippen LogP contribution in [0.1, 0.15) is 28.5 Å². The van der Waals surface area contributed by atoms with Crippen molar-refractivity contribution in [3.8, 4) is 0 Å². The third-order valence-electron chi connectivity index (χ3n) is 2.80. The van der Waals surface area contributed by atoms with E-state index in [1.54, 1.807) is 12.3 Å². The van der Waals surface area contributed by atoms with E-state index in [1.807, 2.05) is 19.9 Å². The number of hydrazine groups is 1. The van der Waals surface area contributed by atoms with Crippen LogP contribution in [0, 0.1) is 19.7 Å². The predicted octanol–water partition coefficient (Wildman–Crippen LogP) is 2.59. The lowest BCUT2D eigenvalue weighted by molar-refractivity contribution is 0.525. The standard InChI is InChI=1S/C13H15FN2O/c1-8-3-4-11(14)6-12(8)13(16-15)10-5-9(2)17-7-10/h3-7,13,16H,15H2,1-2H3. The molecule has 17 heavy (non-hydrogen) atoms. The molecular weight excluding hydrogens is 219 g/mol. The SMILES string of the molecule is Cc1cc(C(NN)c2cc(F)ccc2C)co1. The summed E-state index contributed by atoms with van der Waals surface area (Å²) in [6.07, 6.45) is 1.63. The van der Waals surface area contributed by atoms with Crippen LogP contribution < -0.4 is 11.3 Å². The monoisotopic (exact) mass is 234 g/mol. The van der Waals surface area contributed by atoms with Crippen LogP contribution in [0.3, 0.4) is 0 Å². The van der Waals surface area contributed by atoms with Crippen molar-refractivity contribution in [2.75, 3.05) is 0 Å². The Labute approximate surface area is 99.4 Å². The number of benzene rings is 1. The van der Waals surface area contributed by atoms with Gasteiger partial charge in [0.1, 0.15) is 11.6 Å². The first-order valence-electron chi connectivity index (χ1n) is 5.39. The molecule has 1 atom stereocenters. The van der Waals surface area contributed by atoms with Crippen LogP contribution in [0.2, 0.25) is 0 Å². The molecule has 0 aliphatic carbocycles. The molecule has 2 aromatic rings. The van der Waals surface area contributed by atoms with Crippen LogP contribution in [-0.4, -0.2) is 0 Å². The minimum Gasteiger partial charge on any atom is -0.469 e. The fourth-order valence-corrected chi connectivity index (χ4v) is 1.90. The van der Waals surface area contributed by atoms with Gasteiger partial charge in [0.2, 0.25) is 0 Å². The Morgan fingerprint density at radius 3 is 2.65 bits per heavy atom. The van der Waals surface area contributed by atoms with E-state index in [1.165, 1.54) is 12.1 Å². The van der Waals surface area contributed by atoms with Crippen molar-refractivity contribution in [1.82, 2.24) is 5.43 Å². The third kappa shape index (κ3) is 2.38. The number of rotatable bonds is 3. The first-order valence-corrected chi connectivity index (χ1v) is 5.39. The second kappa shape index (κ2) is 4.69. The molecule has 90 valence electrons. The molecule has 0 amide bonds. The van der Waals surface area contributed by atoms with Gasteiger partial charge >= 0.3 is 0 Å². The number of halogens is 1. The Bertz CT molecular complexity index is 522. The molecule has 1 heterocycles. The highest BCUT2D eigenvalue weighted by atomic mass is 19.1. The van der Waals surface area contributed by atoms with E-state index < -0.39 is 0 Å². The van der Waals surface area contributed by atoms with E-state index in [0.717, 1.165) is 22.5 Å². The van der Waals surface area contributed by atoms with Crippen molar-refractivity contribution in [2.24, 2.45) is 5.84 Å². The molecule has 1 unspecified atom stereocenters. The van der Waals surface area contributed by atoms with Gasteiger partial charge in [0.15, 0.2) is 0 Å². The molecule has 1 aromatic heterocycles. The van der Waals surface area contributed by atoms with E-state index >= 15 is 0 Å². The minimum atomic E-state index is -0.272. The minimum absolute atomic E-state index is 0.261. The quantitative estimate of drug-likeness (QED) is 0.634. The number of nitrogens with two attached hydrogens (primary N) is 1. The van der Waals surface area contributed by atoms with Crippen LogP contribution in [0.15, 0.2) is 34.9 Å². The van der Waals surface area contributed by atoms with Crippen LogP contribution >= 0.6 is 0 Å². The van der Waals surface area contributed by atoms with E-state index in [-0.39, 0.29) is 11.9 Å². The van der Waals surface area contributed by atoms with Crippen LogP contribution in [0.4, 0.5) is 4.39 Å². The smallest absolute Gasteiger partial charge is 0.123 e. The lowest BCUT2D eigenvalue weighted by Gasteiger charge is -2.17. The molecule has 3 N–H and O–H groups in total. The van der Waals surface area contributed by atoms with Gasteiger partial charge in [0, 0.05) is 5.56 Å². The molecule has 3 nitrogen and oxygen atoms in total. The van der Waals surface area contributed by atoms with Crippen molar-refractivity contribution in [3.63, 3.8) is 0 Å². The highest BCUT2D eigenvalue weighted by molar-refractivity contribution is 5.36. The Kier molecular flexibility index (Phi) is 3.26. The average Bonchev–Trinajstić information content (AvgIpc) is 2.71. The summed E-state index contributed by atoms with van der Waals surface area (Å²) in [4.78, 5) is 0. The van der Waals surface area contributed by atoms with Gasteiger partial charge in [-0.15, -0.1) is 0 Å². The molecule has 0 fully saturated rings. The topological polar surface area (TPSA) is 51.2 Å². The zero-order valence-electron chi connectivity index (χ0n) is 9.83. The van der Waals surface area contributed by atoms with Gasteiger partial charge in [0.05, 0.1) is 12.3 Å². The number of hydrogen-bond donors (Lipinski definition) is 2. The highest BCUT2D eigenvalue weighted by Crippen LogP contribution is 2.26. The molecule has 0 saturated carbocycles. The Hall–Kier alpha value is -1.65. The number of hydrogen-bond acceptors (Lipinski definition) is 3. The fraction of sp³-hybridized carbons (Fsp3) is 0.231. The van der Waals surface area contributed by atoms with E-state index in [9.17, 15) is 4.39 Å². The molecule has 1 aromatic carbocycles. The lowest BCUT2D eigenvalue weighted by atomic mass is 9.97. The van der Waals surface area contributed by atoms with Gasteiger partial charge in [0.25, 0.3) is 0 Å². The predicted molar refractivity (Wildman–Crippen MR) is 63.7 cm³/mol. The van der Waals surface area contributed by atoms with Crippen LogP contribution in [0.25, 0.3) is 0 Å². The van der Waals surface area contributed by atoms with Gasteiger partial charge in [-0.3, -0.25) is 5.84 Å². The normalized spacial score (nSPS) is 12.7. The van der Waals surface area contributed by atoms with Crippen LogP contribution in [-0.2, 0) is 0 Å². The number of aryl methyl sites for hydroxylation is 2. The van der Waals surface area contributed by atoms with Crippen molar-refractivity contribution in [1.29, 1.82) is 0 Å². The van der Waals surface area contributed by atoms with Gasteiger partial charge < -0.3 is 4.42 Å². The molecule has 0 radical (unpaired) electrons. The van der Waals surface area contributed by atoms with Crippen molar-refractivity contribution < 1.29 is 8.81 Å². The maximum absolute atomic E-state index is 13.3. The summed E-state index contributed by atoms with van der Waals surface area (Å²) >= 11 is 0. The Morgan fingerprint density at radius 2 is 2.06 bits per heavy atom. The first kappa shape index (κ1) is 11.8. The lowest BCUT2D eigenvalue weighted by Crippen LogP contribution is -2.29. The second-order valence-electron chi connectivity index (χ2n) is 4.09. The largest absolute Gasteiger partial charge is 0.469 e. The van der Waals surface area contributed by atoms with E-state index in [0.29, 0.717) is 0 Å². The summed E-state index contributed by atoms with van der Waals surface area (Å²) in [5.41, 5.74) is 5.37. The molecule has 0 aliphatic rings. The number of nitrogens with one attached hydrogen (secondary N) is 1. The summed E-state index contributed by atoms with van der Waals surface area (Å²) in [5, 5.41) is 0. The summed E-state index contributed by atoms with van der Waals surface area (Å²) in [5.74, 6) is 6.08. The van der Waals surface area contributed by atoms with Gasteiger partial charge in [-0.2, -0.15) is 0 Å². The number of furan rings is 1. The maximum Gasteiger partial charge on any atom is 0.123 e. The van der Waals surface area contributed by atoms with Gasteiger partial charge in [-0.25, -0.2) is 9.82 Å². The van der Waals surface area contributed by atoms with Crippen molar-refractivity contribution >= 4 is 0 Å². The first-order chi connectivity index (χ1) is 8.11. The van der Waals surface area contributed by atoms with Crippen LogP contribution in [0.5, 0.6) is 0 Å². The highest BCUT2D eigenvalue weighted by Gasteiger charge is 2.17. The Morgan fingerprint density at radius 1 is 1.29 bits per heavy atom. The zero-order chi connectivity index (χ0) is 12.4.